The highest BCUT2D eigenvalue weighted by atomic mass is 31.0. The zero-order valence-electron chi connectivity index (χ0n) is 26.5. The molecule has 6 aromatic carbocycles. The maximum atomic E-state index is 3.51. The number of rotatable bonds is 11. The summed E-state index contributed by atoms with van der Waals surface area (Å²) in [6, 6.07) is 67.0. The zero-order chi connectivity index (χ0) is 32.1. The quantitative estimate of drug-likeness (QED) is 0.122. The van der Waals surface area contributed by atoms with Gasteiger partial charge in [-0.3, -0.25) is 0 Å². The highest BCUT2D eigenvalue weighted by molar-refractivity contribution is 7.22. The molecule has 0 aromatic heterocycles. The average molecular weight is 653 g/mol. The molecule has 46 heavy (non-hydrogen) atoms. The van der Waals surface area contributed by atoms with Gasteiger partial charge in [-0.1, -0.05) is 195 Å². The van der Waals surface area contributed by atoms with Crippen LogP contribution in [0, 0.1) is 5.41 Å². The Balaban J connectivity index is 1.94. The lowest BCUT2D eigenvalue weighted by Gasteiger charge is -2.67. The minimum atomic E-state index is -0.591. The minimum Gasteiger partial charge on any atom is -0.121 e. The summed E-state index contributed by atoms with van der Waals surface area (Å²) in [6.45, 7) is 2.35. The van der Waals surface area contributed by atoms with E-state index in [0.717, 1.165) is 12.8 Å². The topological polar surface area (TPSA) is 0 Å². The summed E-state index contributed by atoms with van der Waals surface area (Å²) in [7, 11) is 10.5. The largest absolute Gasteiger partial charge is 0.121 e. The first-order valence-electron chi connectivity index (χ1n) is 16.1. The number of benzene rings is 6. The van der Waals surface area contributed by atoms with Gasteiger partial charge in [0.1, 0.15) is 0 Å². The van der Waals surface area contributed by atoms with Gasteiger partial charge >= 0.3 is 0 Å². The second-order valence-corrected chi connectivity index (χ2v) is 14.9. The van der Waals surface area contributed by atoms with Crippen molar-refractivity contribution in [2.45, 2.75) is 35.2 Å². The van der Waals surface area contributed by atoms with E-state index in [2.05, 4.69) is 217 Å². The predicted molar refractivity (Wildman–Crippen MR) is 207 cm³/mol. The third-order valence-corrected chi connectivity index (χ3v) is 13.5. The molecule has 230 valence electrons. The van der Waals surface area contributed by atoms with Crippen molar-refractivity contribution in [3.8, 4) is 0 Å². The van der Waals surface area contributed by atoms with Gasteiger partial charge in [0.15, 0.2) is 0 Å². The van der Waals surface area contributed by atoms with Crippen LogP contribution in [0.1, 0.15) is 53.1 Å². The van der Waals surface area contributed by atoms with Gasteiger partial charge in [0.2, 0.25) is 0 Å². The summed E-state index contributed by atoms with van der Waals surface area (Å²) >= 11 is 0. The van der Waals surface area contributed by atoms with Gasteiger partial charge in [-0.25, -0.2) is 0 Å². The van der Waals surface area contributed by atoms with Crippen LogP contribution in [0.3, 0.4) is 0 Å². The first-order chi connectivity index (χ1) is 22.4. The molecule has 6 aromatic rings. The van der Waals surface area contributed by atoms with Crippen molar-refractivity contribution in [1.29, 1.82) is 0 Å². The summed E-state index contributed by atoms with van der Waals surface area (Å²) in [6.07, 6.45) is 1.88. The summed E-state index contributed by atoms with van der Waals surface area (Å²) in [5.74, 6) is 0. The van der Waals surface area contributed by atoms with E-state index in [9.17, 15) is 0 Å². The third kappa shape index (κ3) is 5.11. The fourth-order valence-electron chi connectivity index (χ4n) is 8.08. The molecule has 3 heteroatoms. The van der Waals surface area contributed by atoms with E-state index in [4.69, 9.17) is 0 Å². The molecule has 0 saturated carbocycles. The van der Waals surface area contributed by atoms with Gasteiger partial charge in [0, 0.05) is 20.9 Å². The highest BCUT2D eigenvalue weighted by Crippen LogP contribution is 2.76. The highest BCUT2D eigenvalue weighted by Gasteiger charge is 2.69. The van der Waals surface area contributed by atoms with Crippen molar-refractivity contribution in [2.75, 3.05) is 0 Å². The van der Waals surface area contributed by atoms with Crippen LogP contribution in [0.4, 0.5) is 0 Å². The SMILES string of the molecule is CCCC(C(P)(c1ccccc1)c1ccccc1)(C(P)(c1ccccc1)c1ccccc1)C(P)(c1ccccc1)c1ccccc1. The van der Waals surface area contributed by atoms with Crippen molar-refractivity contribution < 1.29 is 0 Å². The molecule has 0 saturated heterocycles. The van der Waals surface area contributed by atoms with Gasteiger partial charge < -0.3 is 0 Å². The summed E-state index contributed by atoms with van der Waals surface area (Å²) < 4.78 is 0. The monoisotopic (exact) mass is 652 g/mol. The molecule has 0 heterocycles. The first kappa shape index (κ1) is 32.5. The van der Waals surface area contributed by atoms with Crippen molar-refractivity contribution in [3.05, 3.63) is 215 Å². The first-order valence-corrected chi connectivity index (χ1v) is 17.9. The second kappa shape index (κ2) is 13.8. The molecule has 3 atom stereocenters. The molecule has 0 aliphatic rings. The fourth-order valence-corrected chi connectivity index (χ4v) is 11.5. The molecular weight excluding hydrogens is 609 g/mol. The van der Waals surface area contributed by atoms with Crippen LogP contribution in [0.25, 0.3) is 0 Å². The molecule has 0 spiro atoms. The lowest BCUT2D eigenvalue weighted by Crippen LogP contribution is -2.63. The minimum absolute atomic E-state index is 0.574. The lowest BCUT2D eigenvalue weighted by atomic mass is 9.47. The molecule has 3 unspecified atom stereocenters. The van der Waals surface area contributed by atoms with Crippen LogP contribution in [0.5, 0.6) is 0 Å². The van der Waals surface area contributed by atoms with E-state index in [0.29, 0.717) is 0 Å². The molecule has 0 aliphatic heterocycles. The molecule has 0 bridgehead atoms. The van der Waals surface area contributed by atoms with E-state index in [1.165, 1.54) is 33.4 Å². The maximum absolute atomic E-state index is 3.51. The Morgan fingerprint density at radius 2 is 0.500 bits per heavy atom. The number of hydrogen-bond acceptors (Lipinski definition) is 0. The van der Waals surface area contributed by atoms with Crippen molar-refractivity contribution in [1.82, 2.24) is 0 Å². The second-order valence-electron chi connectivity index (χ2n) is 12.3. The summed E-state index contributed by atoms with van der Waals surface area (Å²) in [5, 5.41) is -1.77. The van der Waals surface area contributed by atoms with E-state index in [1.807, 2.05) is 0 Å². The van der Waals surface area contributed by atoms with Crippen LogP contribution in [0.15, 0.2) is 182 Å². The van der Waals surface area contributed by atoms with Crippen LogP contribution in [0.2, 0.25) is 0 Å². The van der Waals surface area contributed by atoms with Crippen LogP contribution in [-0.4, -0.2) is 0 Å². The molecule has 0 nitrogen and oxygen atoms in total. The standard InChI is InChI=1S/C43H43P3/c1-2-33-40(41(44,34-21-9-3-10-22-34)35-23-11-4-12-24-35,42(45,36-25-13-5-14-26-36)37-27-15-6-16-28-37)43(46,38-29-17-7-18-30-38)39-31-19-8-20-32-39/h3-32H,2,33,44-46H2,1H3. The molecule has 0 aliphatic carbocycles. The Labute approximate surface area is 282 Å². The zero-order valence-corrected chi connectivity index (χ0v) is 29.9. The third-order valence-electron chi connectivity index (χ3n) is 10.0. The van der Waals surface area contributed by atoms with Crippen molar-refractivity contribution in [3.63, 3.8) is 0 Å². The molecule has 0 amide bonds. The molecule has 6 rings (SSSR count). The lowest BCUT2D eigenvalue weighted by molar-refractivity contribution is 0.0995. The summed E-state index contributed by atoms with van der Waals surface area (Å²) in [5.41, 5.74) is 6.99. The Bertz CT molecular complexity index is 1470. The van der Waals surface area contributed by atoms with Crippen LogP contribution in [-0.2, 0) is 15.5 Å². The van der Waals surface area contributed by atoms with E-state index < -0.39 is 20.9 Å². The Morgan fingerprint density at radius 3 is 0.652 bits per heavy atom. The van der Waals surface area contributed by atoms with E-state index >= 15 is 0 Å². The van der Waals surface area contributed by atoms with E-state index in [1.54, 1.807) is 0 Å². The van der Waals surface area contributed by atoms with Crippen LogP contribution >= 0.6 is 27.7 Å². The van der Waals surface area contributed by atoms with Crippen molar-refractivity contribution in [2.24, 2.45) is 5.41 Å². The predicted octanol–water partition coefficient (Wildman–Crippen LogP) is 11.2. The summed E-state index contributed by atoms with van der Waals surface area (Å²) in [4.78, 5) is 0. The van der Waals surface area contributed by atoms with Gasteiger partial charge in [-0.05, 0) is 39.8 Å². The fraction of sp³-hybridized carbons (Fsp3) is 0.163. The Hall–Kier alpha value is -3.39. The molecule has 0 N–H and O–H groups in total. The molecule has 0 fully saturated rings. The van der Waals surface area contributed by atoms with Crippen molar-refractivity contribution >= 4 is 27.7 Å². The average Bonchev–Trinajstić information content (AvgIpc) is 3.15. The van der Waals surface area contributed by atoms with Gasteiger partial charge in [0.05, 0.1) is 0 Å². The normalized spacial score (nSPS) is 12.5. The Morgan fingerprint density at radius 1 is 0.326 bits per heavy atom. The molecule has 0 radical (unpaired) electrons. The Kier molecular flexibility index (Phi) is 9.74. The van der Waals surface area contributed by atoms with Gasteiger partial charge in [0.25, 0.3) is 0 Å². The number of hydrogen-bond donors (Lipinski definition) is 0. The maximum Gasteiger partial charge on any atom is 0.0430 e. The van der Waals surface area contributed by atoms with Gasteiger partial charge in [-0.2, -0.15) is 0 Å². The van der Waals surface area contributed by atoms with E-state index in [-0.39, 0.29) is 0 Å². The van der Waals surface area contributed by atoms with Crippen LogP contribution < -0.4 is 0 Å². The molecular formula is C43H43P3. The van der Waals surface area contributed by atoms with Gasteiger partial charge in [-0.15, -0.1) is 27.7 Å². The smallest absolute Gasteiger partial charge is 0.0430 e.